The molecule has 0 aromatic heterocycles. The summed E-state index contributed by atoms with van der Waals surface area (Å²) in [6.07, 6.45) is 4.30. The molecule has 114 valence electrons. The summed E-state index contributed by atoms with van der Waals surface area (Å²) in [5.74, 6) is -0.553. The Morgan fingerprint density at radius 3 is 2.35 bits per heavy atom. The fraction of sp³-hybridized carbons (Fsp3) is 0.867. The van der Waals surface area contributed by atoms with Crippen LogP contribution in [0.4, 0.5) is 4.79 Å². The van der Waals surface area contributed by atoms with Crippen LogP contribution in [-0.4, -0.2) is 40.8 Å². The molecule has 2 aliphatic rings. The van der Waals surface area contributed by atoms with E-state index in [-0.39, 0.29) is 5.92 Å². The quantitative estimate of drug-likeness (QED) is 0.846. The van der Waals surface area contributed by atoms with E-state index in [4.69, 9.17) is 4.74 Å². The van der Waals surface area contributed by atoms with Gasteiger partial charge in [-0.15, -0.1) is 0 Å². The van der Waals surface area contributed by atoms with Crippen LogP contribution >= 0.6 is 0 Å². The molecule has 2 fully saturated rings. The van der Waals surface area contributed by atoms with Gasteiger partial charge in [0, 0.05) is 13.1 Å². The maximum absolute atomic E-state index is 12.1. The number of ether oxygens (including phenoxy) is 1. The second-order valence-electron chi connectivity index (χ2n) is 7.09. The molecule has 0 spiro atoms. The number of rotatable bonds is 2. The first-order valence-corrected chi connectivity index (χ1v) is 7.46. The lowest BCUT2D eigenvalue weighted by Crippen LogP contribution is -2.42. The van der Waals surface area contributed by atoms with Gasteiger partial charge in [-0.3, -0.25) is 4.79 Å². The number of nitrogens with zero attached hydrogens (tertiary/aromatic N) is 1. The molecule has 1 unspecified atom stereocenters. The number of carboxylic acid groups (broad SMARTS) is 1. The van der Waals surface area contributed by atoms with Crippen LogP contribution in [0.5, 0.6) is 0 Å². The van der Waals surface area contributed by atoms with Gasteiger partial charge in [0.05, 0.1) is 5.41 Å². The van der Waals surface area contributed by atoms with Crippen molar-refractivity contribution in [1.29, 1.82) is 0 Å². The van der Waals surface area contributed by atoms with Gasteiger partial charge in [0.25, 0.3) is 0 Å². The zero-order valence-electron chi connectivity index (χ0n) is 12.6. The highest BCUT2D eigenvalue weighted by Crippen LogP contribution is 2.46. The average molecular weight is 283 g/mol. The molecule has 20 heavy (non-hydrogen) atoms. The van der Waals surface area contributed by atoms with Crippen molar-refractivity contribution in [2.24, 2.45) is 11.3 Å². The molecule has 0 radical (unpaired) electrons. The molecule has 1 saturated carbocycles. The highest BCUT2D eigenvalue weighted by atomic mass is 16.6. The lowest BCUT2D eigenvalue weighted by molar-refractivity contribution is -0.151. The Bertz CT molecular complexity index is 395. The lowest BCUT2D eigenvalue weighted by atomic mass is 9.73. The molecule has 1 heterocycles. The van der Waals surface area contributed by atoms with Crippen molar-refractivity contribution in [2.75, 3.05) is 13.1 Å². The lowest BCUT2D eigenvalue weighted by Gasteiger charge is -2.31. The predicted molar refractivity (Wildman–Crippen MR) is 74.5 cm³/mol. The second kappa shape index (κ2) is 5.26. The summed E-state index contributed by atoms with van der Waals surface area (Å²) in [7, 11) is 0. The Hall–Kier alpha value is -1.26. The molecule has 0 aromatic carbocycles. The van der Waals surface area contributed by atoms with Gasteiger partial charge in [0.15, 0.2) is 0 Å². The minimum absolute atomic E-state index is 0.201. The van der Waals surface area contributed by atoms with Crippen molar-refractivity contribution in [3.8, 4) is 0 Å². The van der Waals surface area contributed by atoms with E-state index in [0.29, 0.717) is 19.5 Å². The van der Waals surface area contributed by atoms with Crippen molar-refractivity contribution in [3.63, 3.8) is 0 Å². The average Bonchev–Trinajstić information content (AvgIpc) is 2.97. The SMILES string of the molecule is CC(C)(C)OC(=O)N1CCC(C(=O)O)(C2CCCC2)C1. The number of carbonyl (C=O) groups is 2. The summed E-state index contributed by atoms with van der Waals surface area (Å²) in [4.78, 5) is 25.4. The second-order valence-corrected chi connectivity index (χ2v) is 7.09. The molecule has 0 aromatic rings. The fourth-order valence-electron chi connectivity index (χ4n) is 3.48. The third-order valence-corrected chi connectivity index (χ3v) is 4.52. The molecule has 0 bridgehead atoms. The van der Waals surface area contributed by atoms with E-state index in [9.17, 15) is 14.7 Å². The van der Waals surface area contributed by atoms with Crippen LogP contribution in [0.3, 0.4) is 0 Å². The van der Waals surface area contributed by atoms with Crippen molar-refractivity contribution in [2.45, 2.75) is 58.5 Å². The molecular formula is C15H25NO4. The maximum Gasteiger partial charge on any atom is 0.410 e. The van der Waals surface area contributed by atoms with Crippen LogP contribution in [0.2, 0.25) is 0 Å². The predicted octanol–water partition coefficient (Wildman–Crippen LogP) is 2.89. The van der Waals surface area contributed by atoms with Gasteiger partial charge in [-0.1, -0.05) is 12.8 Å². The van der Waals surface area contributed by atoms with Gasteiger partial charge >= 0.3 is 12.1 Å². The maximum atomic E-state index is 12.1. The first-order valence-electron chi connectivity index (χ1n) is 7.46. The fourth-order valence-corrected chi connectivity index (χ4v) is 3.48. The summed E-state index contributed by atoms with van der Waals surface area (Å²) in [5.41, 5.74) is -1.30. The third-order valence-electron chi connectivity index (χ3n) is 4.52. The normalized spacial score (nSPS) is 27.9. The van der Waals surface area contributed by atoms with E-state index >= 15 is 0 Å². The number of hydrogen-bond acceptors (Lipinski definition) is 3. The van der Waals surface area contributed by atoms with Gasteiger partial charge in [-0.05, 0) is 46.0 Å². The van der Waals surface area contributed by atoms with Gasteiger partial charge < -0.3 is 14.7 Å². The first-order chi connectivity index (χ1) is 9.24. The van der Waals surface area contributed by atoms with E-state index < -0.39 is 23.1 Å². The zero-order chi connectivity index (χ0) is 15.0. The molecule has 1 aliphatic heterocycles. The zero-order valence-corrected chi connectivity index (χ0v) is 12.6. The van der Waals surface area contributed by atoms with Crippen LogP contribution < -0.4 is 0 Å². The minimum Gasteiger partial charge on any atom is -0.481 e. The van der Waals surface area contributed by atoms with Crippen LogP contribution in [0.25, 0.3) is 0 Å². The topological polar surface area (TPSA) is 66.8 Å². The molecule has 1 saturated heterocycles. The Morgan fingerprint density at radius 1 is 1.25 bits per heavy atom. The Balaban J connectivity index is 2.08. The molecule has 1 amide bonds. The third kappa shape index (κ3) is 2.91. The molecule has 1 aliphatic carbocycles. The summed E-state index contributed by atoms with van der Waals surface area (Å²) < 4.78 is 5.35. The van der Waals surface area contributed by atoms with Gasteiger partial charge in [-0.25, -0.2) is 4.79 Å². The number of amides is 1. The van der Waals surface area contributed by atoms with Crippen LogP contribution in [0, 0.1) is 11.3 Å². The largest absolute Gasteiger partial charge is 0.481 e. The first kappa shape index (κ1) is 15.1. The number of carbonyl (C=O) groups excluding carboxylic acids is 1. The summed E-state index contributed by atoms with van der Waals surface area (Å²) in [6.45, 7) is 6.24. The smallest absolute Gasteiger partial charge is 0.410 e. The van der Waals surface area contributed by atoms with Crippen molar-refractivity contribution < 1.29 is 19.4 Å². The standard InChI is InChI=1S/C15H25NO4/c1-14(2,3)20-13(19)16-9-8-15(10-16,12(17)18)11-6-4-5-7-11/h11H,4-10H2,1-3H3,(H,17,18). The van der Waals surface area contributed by atoms with Gasteiger partial charge in [0.2, 0.25) is 0 Å². The highest BCUT2D eigenvalue weighted by Gasteiger charge is 2.52. The molecule has 2 rings (SSSR count). The van der Waals surface area contributed by atoms with E-state index in [1.54, 1.807) is 4.90 Å². The Morgan fingerprint density at radius 2 is 1.85 bits per heavy atom. The van der Waals surface area contributed by atoms with Crippen molar-refractivity contribution >= 4 is 12.1 Å². The molecular weight excluding hydrogens is 258 g/mol. The van der Waals surface area contributed by atoms with Crippen LogP contribution in [0.15, 0.2) is 0 Å². The number of hydrogen-bond donors (Lipinski definition) is 1. The van der Waals surface area contributed by atoms with Crippen molar-refractivity contribution in [3.05, 3.63) is 0 Å². The monoisotopic (exact) mass is 283 g/mol. The van der Waals surface area contributed by atoms with E-state index in [1.807, 2.05) is 20.8 Å². The molecule has 5 nitrogen and oxygen atoms in total. The Kier molecular flexibility index (Phi) is 3.98. The van der Waals surface area contributed by atoms with Crippen LogP contribution in [-0.2, 0) is 9.53 Å². The number of aliphatic carboxylic acids is 1. The Labute approximate surface area is 120 Å². The molecule has 1 N–H and O–H groups in total. The molecule has 1 atom stereocenters. The summed E-state index contributed by atoms with van der Waals surface area (Å²) in [6, 6.07) is 0. The van der Waals surface area contributed by atoms with Crippen molar-refractivity contribution in [1.82, 2.24) is 4.90 Å². The summed E-state index contributed by atoms with van der Waals surface area (Å²) in [5, 5.41) is 9.68. The highest BCUT2D eigenvalue weighted by molar-refractivity contribution is 5.78. The molecule has 5 heteroatoms. The van der Waals surface area contributed by atoms with E-state index in [2.05, 4.69) is 0 Å². The summed E-state index contributed by atoms with van der Waals surface area (Å²) >= 11 is 0. The van der Waals surface area contributed by atoms with E-state index in [0.717, 1.165) is 25.7 Å². The number of likely N-dealkylation sites (tertiary alicyclic amines) is 1. The van der Waals surface area contributed by atoms with E-state index in [1.165, 1.54) is 0 Å². The number of carboxylic acids is 1. The van der Waals surface area contributed by atoms with Gasteiger partial charge in [-0.2, -0.15) is 0 Å². The van der Waals surface area contributed by atoms with Gasteiger partial charge in [0.1, 0.15) is 5.60 Å². The van der Waals surface area contributed by atoms with Crippen LogP contribution in [0.1, 0.15) is 52.9 Å². The minimum atomic E-state index is -0.757.